The number of aryl methyl sites for hydroxylation is 1. The van der Waals surface area contributed by atoms with Crippen LogP contribution in [0.5, 0.6) is 5.75 Å². The van der Waals surface area contributed by atoms with Crippen molar-refractivity contribution < 1.29 is 9.23 Å². The Hall–Kier alpha value is -2.22. The number of piperidine rings is 1. The highest BCUT2D eigenvalue weighted by molar-refractivity contribution is 6.31. The van der Waals surface area contributed by atoms with Crippen molar-refractivity contribution in [1.82, 2.24) is 25.4 Å². The number of aromatic nitrogens is 3. The quantitative estimate of drug-likeness (QED) is 0.683. The van der Waals surface area contributed by atoms with Gasteiger partial charge >= 0.3 is 0 Å². The minimum absolute atomic E-state index is 0.152. The summed E-state index contributed by atoms with van der Waals surface area (Å²) in [5, 5.41) is 9.16. The van der Waals surface area contributed by atoms with Crippen molar-refractivity contribution in [3.05, 3.63) is 52.8 Å². The standard InChI is InChI=1S/C21H23ClFN5O/c22-15-2-5-18-19(12-15)28(26-24-18)9-1-8-27-10-6-14(7-11-27)21-17-4-3-16(23)13-20(17)29-25-21/h2-5,12-14,21,25H,1,6-11H2. The topological polar surface area (TPSA) is 55.2 Å². The number of likely N-dealkylation sites (tertiary alicyclic amines) is 1. The molecule has 0 spiro atoms. The largest absolute Gasteiger partial charge is 0.408 e. The molecule has 3 aromatic rings. The van der Waals surface area contributed by atoms with E-state index in [4.69, 9.17) is 16.4 Å². The monoisotopic (exact) mass is 415 g/mol. The molecule has 152 valence electrons. The molecule has 0 aliphatic carbocycles. The normalized spacial score (nSPS) is 20.1. The van der Waals surface area contributed by atoms with E-state index in [2.05, 4.69) is 20.7 Å². The van der Waals surface area contributed by atoms with E-state index in [9.17, 15) is 4.39 Å². The number of fused-ring (bicyclic) bond motifs is 2. The van der Waals surface area contributed by atoms with Crippen molar-refractivity contribution in [3.8, 4) is 5.75 Å². The van der Waals surface area contributed by atoms with Gasteiger partial charge in [0.2, 0.25) is 0 Å². The van der Waals surface area contributed by atoms with E-state index in [1.807, 2.05) is 28.9 Å². The summed E-state index contributed by atoms with van der Waals surface area (Å²) < 4.78 is 15.3. The second kappa shape index (κ2) is 7.89. The molecule has 1 aromatic heterocycles. The summed E-state index contributed by atoms with van der Waals surface area (Å²) in [6.45, 7) is 3.98. The van der Waals surface area contributed by atoms with E-state index in [1.165, 1.54) is 12.1 Å². The SMILES string of the molecule is Fc1ccc2c(c1)ONC2C1CCN(CCCn2nnc3ccc(Cl)cc32)CC1. The zero-order chi connectivity index (χ0) is 19.8. The fourth-order valence-corrected chi connectivity index (χ4v) is 4.62. The first-order valence-corrected chi connectivity index (χ1v) is 10.5. The van der Waals surface area contributed by atoms with Gasteiger partial charge in [-0.3, -0.25) is 0 Å². The summed E-state index contributed by atoms with van der Waals surface area (Å²) in [6, 6.07) is 10.6. The average Bonchev–Trinajstić information content (AvgIpc) is 3.32. The molecule has 1 atom stereocenters. The van der Waals surface area contributed by atoms with E-state index in [0.29, 0.717) is 16.7 Å². The molecule has 2 aliphatic rings. The summed E-state index contributed by atoms with van der Waals surface area (Å²) >= 11 is 6.10. The number of hydrogen-bond acceptors (Lipinski definition) is 5. The minimum Gasteiger partial charge on any atom is -0.408 e. The lowest BCUT2D eigenvalue weighted by Gasteiger charge is -2.34. The summed E-state index contributed by atoms with van der Waals surface area (Å²) in [5.41, 5.74) is 6.03. The van der Waals surface area contributed by atoms with E-state index in [0.717, 1.165) is 62.0 Å². The van der Waals surface area contributed by atoms with Gasteiger partial charge in [-0.25, -0.2) is 9.07 Å². The zero-order valence-electron chi connectivity index (χ0n) is 16.0. The summed E-state index contributed by atoms with van der Waals surface area (Å²) in [7, 11) is 0. The molecule has 29 heavy (non-hydrogen) atoms. The van der Waals surface area contributed by atoms with Crippen LogP contribution in [0, 0.1) is 11.7 Å². The van der Waals surface area contributed by atoms with Crippen LogP contribution in [0.4, 0.5) is 4.39 Å². The minimum atomic E-state index is -0.261. The van der Waals surface area contributed by atoms with Crippen LogP contribution in [0.1, 0.15) is 30.9 Å². The first-order chi connectivity index (χ1) is 14.2. The van der Waals surface area contributed by atoms with Gasteiger partial charge in [-0.15, -0.1) is 10.6 Å². The molecule has 8 heteroatoms. The highest BCUT2D eigenvalue weighted by Gasteiger charge is 2.33. The van der Waals surface area contributed by atoms with E-state index in [1.54, 1.807) is 0 Å². The molecule has 5 rings (SSSR count). The van der Waals surface area contributed by atoms with Crippen molar-refractivity contribution >= 4 is 22.6 Å². The summed E-state index contributed by atoms with van der Waals surface area (Å²) in [5.74, 6) is 0.861. The fraction of sp³-hybridized carbons (Fsp3) is 0.429. The Kier molecular flexibility index (Phi) is 5.11. The molecule has 3 heterocycles. The molecular formula is C21H23ClFN5O. The third-order valence-corrected chi connectivity index (χ3v) is 6.27. The lowest BCUT2D eigenvalue weighted by atomic mass is 9.86. The first-order valence-electron chi connectivity index (χ1n) is 10.1. The van der Waals surface area contributed by atoms with E-state index >= 15 is 0 Å². The number of rotatable bonds is 5. The Balaban J connectivity index is 1.13. The van der Waals surface area contributed by atoms with Crippen LogP contribution in [0.25, 0.3) is 11.0 Å². The number of nitrogens with zero attached hydrogens (tertiary/aromatic N) is 4. The molecule has 1 saturated heterocycles. The maximum atomic E-state index is 13.4. The fourth-order valence-electron chi connectivity index (χ4n) is 4.45. The van der Waals surface area contributed by atoms with Gasteiger partial charge in [-0.1, -0.05) is 22.9 Å². The molecular weight excluding hydrogens is 393 g/mol. The Labute approximate surface area is 173 Å². The molecule has 1 N–H and O–H groups in total. The third-order valence-electron chi connectivity index (χ3n) is 6.03. The van der Waals surface area contributed by atoms with Gasteiger partial charge in [-0.05, 0) is 69.1 Å². The van der Waals surface area contributed by atoms with Crippen molar-refractivity contribution in [2.24, 2.45) is 5.92 Å². The molecule has 1 unspecified atom stereocenters. The number of hydrogen-bond donors (Lipinski definition) is 1. The predicted molar refractivity (Wildman–Crippen MR) is 109 cm³/mol. The molecule has 0 radical (unpaired) electrons. The Morgan fingerprint density at radius 2 is 2.00 bits per heavy atom. The third kappa shape index (κ3) is 3.82. The van der Waals surface area contributed by atoms with Crippen LogP contribution in [-0.2, 0) is 6.54 Å². The second-order valence-corrected chi connectivity index (χ2v) is 8.29. The van der Waals surface area contributed by atoms with Crippen molar-refractivity contribution in [2.75, 3.05) is 19.6 Å². The van der Waals surface area contributed by atoms with Crippen LogP contribution < -0.4 is 10.3 Å². The average molecular weight is 416 g/mol. The number of benzene rings is 2. The van der Waals surface area contributed by atoms with Crippen LogP contribution in [-0.4, -0.2) is 39.5 Å². The van der Waals surface area contributed by atoms with Crippen LogP contribution in [0.15, 0.2) is 36.4 Å². The Morgan fingerprint density at radius 3 is 2.86 bits per heavy atom. The van der Waals surface area contributed by atoms with Gasteiger partial charge in [0.1, 0.15) is 11.3 Å². The molecule has 0 saturated carbocycles. The lowest BCUT2D eigenvalue weighted by molar-refractivity contribution is 0.111. The summed E-state index contributed by atoms with van der Waals surface area (Å²) in [6.07, 6.45) is 3.21. The van der Waals surface area contributed by atoms with Crippen LogP contribution in [0.3, 0.4) is 0 Å². The molecule has 6 nitrogen and oxygen atoms in total. The van der Waals surface area contributed by atoms with E-state index in [-0.39, 0.29) is 11.9 Å². The number of halogens is 2. The van der Waals surface area contributed by atoms with Crippen molar-refractivity contribution in [1.29, 1.82) is 0 Å². The first kappa shape index (κ1) is 18.8. The maximum Gasteiger partial charge on any atom is 0.155 e. The lowest BCUT2D eigenvalue weighted by Crippen LogP contribution is -2.38. The molecule has 1 fully saturated rings. The highest BCUT2D eigenvalue weighted by atomic mass is 35.5. The predicted octanol–water partition coefficient (Wildman–Crippen LogP) is 3.96. The van der Waals surface area contributed by atoms with E-state index < -0.39 is 0 Å². The molecule has 0 amide bonds. The van der Waals surface area contributed by atoms with Gasteiger partial charge in [0.05, 0.1) is 11.6 Å². The highest BCUT2D eigenvalue weighted by Crippen LogP contribution is 2.39. The molecule has 2 aliphatic heterocycles. The zero-order valence-corrected chi connectivity index (χ0v) is 16.8. The van der Waals surface area contributed by atoms with Gasteiger partial charge < -0.3 is 9.74 Å². The van der Waals surface area contributed by atoms with Crippen molar-refractivity contribution in [3.63, 3.8) is 0 Å². The molecule has 2 aromatic carbocycles. The summed E-state index contributed by atoms with van der Waals surface area (Å²) in [4.78, 5) is 8.00. The Bertz CT molecular complexity index is 1020. The Morgan fingerprint density at radius 1 is 1.14 bits per heavy atom. The van der Waals surface area contributed by atoms with Gasteiger partial charge in [0.25, 0.3) is 0 Å². The second-order valence-electron chi connectivity index (χ2n) is 7.86. The van der Waals surface area contributed by atoms with Gasteiger partial charge in [-0.2, -0.15) is 0 Å². The van der Waals surface area contributed by atoms with Crippen molar-refractivity contribution in [2.45, 2.75) is 31.8 Å². The van der Waals surface area contributed by atoms with Crippen LogP contribution >= 0.6 is 11.6 Å². The maximum absolute atomic E-state index is 13.4. The number of hydroxylamine groups is 1. The van der Waals surface area contributed by atoms with Gasteiger partial charge in [0, 0.05) is 23.2 Å². The van der Waals surface area contributed by atoms with Crippen LogP contribution in [0.2, 0.25) is 5.02 Å². The number of nitrogens with one attached hydrogen (secondary N) is 1. The van der Waals surface area contributed by atoms with Gasteiger partial charge in [0.15, 0.2) is 5.75 Å². The molecule has 0 bridgehead atoms. The smallest absolute Gasteiger partial charge is 0.155 e.